The lowest BCUT2D eigenvalue weighted by Crippen LogP contribution is -2.26. The summed E-state index contributed by atoms with van der Waals surface area (Å²) in [5.41, 5.74) is 3.69. The summed E-state index contributed by atoms with van der Waals surface area (Å²) < 4.78 is 35.1. The zero-order valence-corrected chi connectivity index (χ0v) is 18.0. The van der Waals surface area contributed by atoms with Crippen LogP contribution in [-0.4, -0.2) is 22.7 Å². The first-order valence-electron chi connectivity index (χ1n) is 10.3. The first kappa shape index (κ1) is 22.1. The number of ether oxygens (including phenoxy) is 1. The van der Waals surface area contributed by atoms with Crippen LogP contribution in [0.3, 0.4) is 0 Å². The van der Waals surface area contributed by atoms with Crippen molar-refractivity contribution in [3.8, 4) is 28.7 Å². The molecule has 0 fully saturated rings. The van der Waals surface area contributed by atoms with Crippen molar-refractivity contribution in [2.75, 3.05) is 0 Å². The Morgan fingerprint density at radius 3 is 2.33 bits per heavy atom. The Hall–Kier alpha value is -4.07. The van der Waals surface area contributed by atoms with Crippen LogP contribution >= 0.6 is 0 Å². The van der Waals surface area contributed by atoms with E-state index in [2.05, 4.69) is 20.3 Å². The minimum atomic E-state index is -2.91. The molecule has 0 aliphatic heterocycles. The molecule has 4 rings (SSSR count). The maximum absolute atomic E-state index is 12.6. The van der Waals surface area contributed by atoms with Crippen LogP contribution < -0.4 is 10.1 Å². The molecule has 3 aromatic carbocycles. The van der Waals surface area contributed by atoms with E-state index >= 15 is 0 Å². The summed E-state index contributed by atoms with van der Waals surface area (Å²) in [6.07, 6.45) is 0. The number of benzene rings is 3. The predicted molar refractivity (Wildman–Crippen MR) is 119 cm³/mol. The summed E-state index contributed by atoms with van der Waals surface area (Å²) in [6, 6.07) is 20.4. The number of nitrogens with zero attached hydrogens (tertiary/aromatic N) is 2. The van der Waals surface area contributed by atoms with Gasteiger partial charge in [-0.1, -0.05) is 29.8 Å². The predicted octanol–water partition coefficient (Wildman–Crippen LogP) is 5.80. The topological polar surface area (TPSA) is 77.2 Å². The molecule has 0 saturated carbocycles. The maximum atomic E-state index is 12.6. The molecule has 0 bridgehead atoms. The summed E-state index contributed by atoms with van der Waals surface area (Å²) in [4.78, 5) is 12.6. The van der Waals surface area contributed by atoms with E-state index in [4.69, 9.17) is 4.42 Å². The van der Waals surface area contributed by atoms with Gasteiger partial charge in [-0.15, -0.1) is 10.2 Å². The van der Waals surface area contributed by atoms with Gasteiger partial charge in [0.05, 0.1) is 6.04 Å². The molecular weight excluding hydrogens is 428 g/mol. The van der Waals surface area contributed by atoms with Gasteiger partial charge in [-0.05, 0) is 67.9 Å². The van der Waals surface area contributed by atoms with E-state index in [1.807, 2.05) is 31.2 Å². The summed E-state index contributed by atoms with van der Waals surface area (Å²) in [5, 5.41) is 11.1. The maximum Gasteiger partial charge on any atom is 0.387 e. The second-order valence-electron chi connectivity index (χ2n) is 7.51. The van der Waals surface area contributed by atoms with Crippen molar-refractivity contribution >= 4 is 5.91 Å². The number of rotatable bonds is 7. The molecular formula is C25H21F2N3O3. The molecule has 1 N–H and O–H groups in total. The Morgan fingerprint density at radius 2 is 1.64 bits per heavy atom. The van der Waals surface area contributed by atoms with Crippen LogP contribution in [0, 0.1) is 6.92 Å². The highest BCUT2D eigenvalue weighted by Gasteiger charge is 2.15. The lowest BCUT2D eigenvalue weighted by atomic mass is 10.1. The molecule has 1 aromatic heterocycles. The molecule has 4 aromatic rings. The number of amides is 1. The van der Waals surface area contributed by atoms with E-state index in [0.717, 1.165) is 11.1 Å². The van der Waals surface area contributed by atoms with Crippen LogP contribution in [0.1, 0.15) is 34.5 Å². The number of nitrogens with one attached hydrogen (secondary N) is 1. The average molecular weight is 449 g/mol. The van der Waals surface area contributed by atoms with E-state index in [0.29, 0.717) is 28.5 Å². The van der Waals surface area contributed by atoms with Crippen molar-refractivity contribution in [3.05, 3.63) is 89.5 Å². The third-order valence-electron chi connectivity index (χ3n) is 5.01. The zero-order valence-electron chi connectivity index (χ0n) is 18.0. The van der Waals surface area contributed by atoms with Crippen LogP contribution in [0.4, 0.5) is 8.78 Å². The molecule has 1 heterocycles. The smallest absolute Gasteiger partial charge is 0.387 e. The Kier molecular flexibility index (Phi) is 6.44. The van der Waals surface area contributed by atoms with Crippen LogP contribution in [0.15, 0.2) is 77.2 Å². The lowest BCUT2D eigenvalue weighted by molar-refractivity contribution is -0.0499. The SMILES string of the molecule is Cc1cccc(-c2nnc(-c3ccc(C(=O)NC(C)c4cccc(OC(F)F)c4)cc3)o2)c1. The zero-order chi connectivity index (χ0) is 23.4. The van der Waals surface area contributed by atoms with Crippen molar-refractivity contribution < 1.29 is 22.7 Å². The highest BCUT2D eigenvalue weighted by molar-refractivity contribution is 5.94. The Labute approximate surface area is 189 Å². The van der Waals surface area contributed by atoms with Crippen molar-refractivity contribution in [2.45, 2.75) is 26.5 Å². The number of aryl methyl sites for hydroxylation is 1. The second-order valence-corrected chi connectivity index (χ2v) is 7.51. The first-order valence-corrected chi connectivity index (χ1v) is 10.3. The third kappa shape index (κ3) is 5.41. The minimum absolute atomic E-state index is 0.0394. The summed E-state index contributed by atoms with van der Waals surface area (Å²) in [5.74, 6) is 0.503. The van der Waals surface area contributed by atoms with Gasteiger partial charge >= 0.3 is 6.61 Å². The highest BCUT2D eigenvalue weighted by atomic mass is 19.3. The summed E-state index contributed by atoms with van der Waals surface area (Å²) in [7, 11) is 0. The van der Waals surface area contributed by atoms with Crippen molar-refractivity contribution in [2.24, 2.45) is 0 Å². The molecule has 1 atom stereocenters. The van der Waals surface area contributed by atoms with E-state index in [1.165, 1.54) is 12.1 Å². The molecule has 1 unspecified atom stereocenters. The van der Waals surface area contributed by atoms with Gasteiger partial charge in [0.1, 0.15) is 5.75 Å². The molecule has 168 valence electrons. The lowest BCUT2D eigenvalue weighted by Gasteiger charge is -2.15. The molecule has 0 aliphatic rings. The molecule has 8 heteroatoms. The highest BCUT2D eigenvalue weighted by Crippen LogP contribution is 2.25. The van der Waals surface area contributed by atoms with Gasteiger partial charge in [0, 0.05) is 16.7 Å². The fourth-order valence-electron chi connectivity index (χ4n) is 3.32. The standard InChI is InChI=1S/C25H21F2N3O3/c1-15-5-3-7-20(13-15)24-30-29-23(33-24)18-11-9-17(10-12-18)22(31)28-16(2)19-6-4-8-21(14-19)32-25(26)27/h3-14,16,25H,1-2H3,(H,28,31). The van der Waals surface area contributed by atoms with E-state index in [1.54, 1.807) is 43.3 Å². The molecule has 0 spiro atoms. The number of carbonyl (C=O) groups excluding carboxylic acids is 1. The van der Waals surface area contributed by atoms with Gasteiger partial charge < -0.3 is 14.5 Å². The van der Waals surface area contributed by atoms with Gasteiger partial charge in [0.25, 0.3) is 5.91 Å². The number of hydrogen-bond acceptors (Lipinski definition) is 5. The number of hydrogen-bond donors (Lipinski definition) is 1. The van der Waals surface area contributed by atoms with Gasteiger partial charge in [-0.2, -0.15) is 8.78 Å². The number of alkyl halides is 2. The minimum Gasteiger partial charge on any atom is -0.435 e. The van der Waals surface area contributed by atoms with E-state index in [9.17, 15) is 13.6 Å². The fraction of sp³-hybridized carbons (Fsp3) is 0.160. The fourth-order valence-corrected chi connectivity index (χ4v) is 3.32. The van der Waals surface area contributed by atoms with Crippen LogP contribution in [-0.2, 0) is 0 Å². The second kappa shape index (κ2) is 9.60. The third-order valence-corrected chi connectivity index (χ3v) is 5.01. The van der Waals surface area contributed by atoms with Crippen LogP contribution in [0.2, 0.25) is 0 Å². The number of halogens is 2. The number of aromatic nitrogens is 2. The molecule has 0 aliphatic carbocycles. The molecule has 1 amide bonds. The summed E-state index contributed by atoms with van der Waals surface area (Å²) in [6.45, 7) is 0.841. The van der Waals surface area contributed by atoms with Crippen LogP contribution in [0.5, 0.6) is 5.75 Å². The van der Waals surface area contributed by atoms with Gasteiger partial charge in [-0.25, -0.2) is 0 Å². The molecule has 0 saturated heterocycles. The van der Waals surface area contributed by atoms with E-state index < -0.39 is 12.7 Å². The quantitative estimate of drug-likeness (QED) is 0.386. The Balaban J connectivity index is 1.43. The van der Waals surface area contributed by atoms with Gasteiger partial charge in [0.15, 0.2) is 0 Å². The summed E-state index contributed by atoms with van der Waals surface area (Å²) >= 11 is 0. The molecule has 0 radical (unpaired) electrons. The largest absolute Gasteiger partial charge is 0.435 e. The van der Waals surface area contributed by atoms with Crippen molar-refractivity contribution in [3.63, 3.8) is 0 Å². The first-order chi connectivity index (χ1) is 15.9. The Morgan fingerprint density at radius 1 is 0.939 bits per heavy atom. The molecule has 33 heavy (non-hydrogen) atoms. The normalized spacial score (nSPS) is 11.9. The van der Waals surface area contributed by atoms with Gasteiger partial charge in [-0.3, -0.25) is 4.79 Å². The van der Waals surface area contributed by atoms with Gasteiger partial charge in [0.2, 0.25) is 11.8 Å². The molecule has 6 nitrogen and oxygen atoms in total. The number of carbonyl (C=O) groups is 1. The van der Waals surface area contributed by atoms with E-state index in [-0.39, 0.29) is 11.7 Å². The monoisotopic (exact) mass is 449 g/mol. The Bertz CT molecular complexity index is 1260. The van der Waals surface area contributed by atoms with Crippen molar-refractivity contribution in [1.82, 2.24) is 15.5 Å². The van der Waals surface area contributed by atoms with Crippen LogP contribution in [0.25, 0.3) is 22.9 Å². The average Bonchev–Trinajstić information content (AvgIpc) is 3.29. The van der Waals surface area contributed by atoms with Crippen molar-refractivity contribution in [1.29, 1.82) is 0 Å².